The van der Waals surface area contributed by atoms with Crippen molar-refractivity contribution in [3.63, 3.8) is 0 Å². The van der Waals surface area contributed by atoms with E-state index in [1.165, 1.54) is 0 Å². The molecule has 0 aliphatic heterocycles. The van der Waals surface area contributed by atoms with Crippen molar-refractivity contribution in [1.82, 2.24) is 0 Å². The quantitative estimate of drug-likeness (QED) is 0.413. The van der Waals surface area contributed by atoms with Gasteiger partial charge in [0.15, 0.2) is 5.76 Å². The molecule has 29 heavy (non-hydrogen) atoms. The highest BCUT2D eigenvalue weighted by Crippen LogP contribution is 2.30. The van der Waals surface area contributed by atoms with Gasteiger partial charge in [0.05, 0.1) is 0 Å². The summed E-state index contributed by atoms with van der Waals surface area (Å²) in [7, 11) is 0. The summed E-state index contributed by atoms with van der Waals surface area (Å²) in [4.78, 5) is 25.4. The van der Waals surface area contributed by atoms with Crippen molar-refractivity contribution in [2.24, 2.45) is 0 Å². The van der Waals surface area contributed by atoms with Crippen molar-refractivity contribution in [1.29, 1.82) is 0 Å². The molecular weight excluding hydrogens is 386 g/mol. The molecule has 0 saturated heterocycles. The highest BCUT2D eigenvalue weighted by molar-refractivity contribution is 6.30. The van der Waals surface area contributed by atoms with Gasteiger partial charge < -0.3 is 9.73 Å². The Hall–Kier alpha value is -3.37. The van der Waals surface area contributed by atoms with Gasteiger partial charge in [0.1, 0.15) is 5.58 Å². The number of fused-ring (bicyclic) bond motifs is 1. The second-order valence-corrected chi connectivity index (χ2v) is 7.31. The van der Waals surface area contributed by atoms with Gasteiger partial charge in [0.25, 0.3) is 5.91 Å². The highest BCUT2D eigenvalue weighted by atomic mass is 35.5. The molecule has 4 nitrogen and oxygen atoms in total. The number of anilines is 1. The van der Waals surface area contributed by atoms with Crippen LogP contribution in [0.15, 0.2) is 71.1 Å². The Kier molecular flexibility index (Phi) is 4.95. The fraction of sp³-hybridized carbons (Fsp3) is 0.0833. The standard InChI is InChI=1S/C24H18ClNO3/c1-14-5-3-4-6-19(14)24(28)26-18-11-12-21-20(13-18)15(2)23(29-21)22(27)16-7-9-17(25)10-8-16/h3-13H,1-2H3,(H,26,28). The summed E-state index contributed by atoms with van der Waals surface area (Å²) in [6.45, 7) is 3.73. The van der Waals surface area contributed by atoms with Crippen molar-refractivity contribution < 1.29 is 14.0 Å². The summed E-state index contributed by atoms with van der Waals surface area (Å²) in [6, 6.07) is 19.4. The lowest BCUT2D eigenvalue weighted by molar-refractivity contribution is 0.101. The molecule has 0 bridgehead atoms. The molecule has 1 N–H and O–H groups in total. The lowest BCUT2D eigenvalue weighted by Gasteiger charge is -2.07. The topological polar surface area (TPSA) is 59.3 Å². The predicted molar refractivity (Wildman–Crippen MR) is 115 cm³/mol. The minimum absolute atomic E-state index is 0.180. The first-order valence-corrected chi connectivity index (χ1v) is 9.52. The van der Waals surface area contributed by atoms with Gasteiger partial charge in [-0.25, -0.2) is 0 Å². The van der Waals surface area contributed by atoms with Gasteiger partial charge >= 0.3 is 0 Å². The largest absolute Gasteiger partial charge is 0.452 e. The number of amides is 1. The molecular formula is C24H18ClNO3. The number of carbonyl (C=O) groups is 2. The Labute approximate surface area is 173 Å². The van der Waals surface area contributed by atoms with E-state index >= 15 is 0 Å². The number of nitrogens with one attached hydrogen (secondary N) is 1. The number of carbonyl (C=O) groups excluding carboxylic acids is 2. The number of halogens is 1. The number of furan rings is 1. The molecule has 0 spiro atoms. The second-order valence-electron chi connectivity index (χ2n) is 6.87. The van der Waals surface area contributed by atoms with Crippen molar-refractivity contribution in [3.05, 3.63) is 99.8 Å². The molecule has 0 radical (unpaired) electrons. The molecule has 0 saturated carbocycles. The molecule has 1 amide bonds. The zero-order valence-corrected chi connectivity index (χ0v) is 16.7. The van der Waals surface area contributed by atoms with Crippen LogP contribution in [-0.4, -0.2) is 11.7 Å². The smallest absolute Gasteiger partial charge is 0.255 e. The first-order chi connectivity index (χ1) is 13.9. The maximum atomic E-state index is 12.8. The van der Waals surface area contributed by atoms with Gasteiger partial charge in [-0.1, -0.05) is 29.8 Å². The summed E-state index contributed by atoms with van der Waals surface area (Å²) in [5, 5.41) is 4.26. The molecule has 1 heterocycles. The lowest BCUT2D eigenvalue weighted by atomic mass is 10.0. The Bertz CT molecular complexity index is 1240. The summed E-state index contributed by atoms with van der Waals surface area (Å²) in [5.74, 6) is -0.105. The second kappa shape index (κ2) is 7.57. The Morgan fingerprint density at radius 1 is 0.931 bits per heavy atom. The Morgan fingerprint density at radius 3 is 2.38 bits per heavy atom. The van der Waals surface area contributed by atoms with E-state index in [1.807, 2.05) is 38.1 Å². The van der Waals surface area contributed by atoms with Gasteiger partial charge in [0, 0.05) is 32.8 Å². The van der Waals surface area contributed by atoms with Crippen LogP contribution in [0.5, 0.6) is 0 Å². The molecule has 144 valence electrons. The minimum atomic E-state index is -0.208. The summed E-state index contributed by atoms with van der Waals surface area (Å²) in [6.07, 6.45) is 0. The van der Waals surface area contributed by atoms with E-state index in [2.05, 4.69) is 5.32 Å². The van der Waals surface area contributed by atoms with Crippen LogP contribution in [0.2, 0.25) is 5.02 Å². The van der Waals surface area contributed by atoms with Gasteiger partial charge in [0.2, 0.25) is 5.78 Å². The monoisotopic (exact) mass is 403 g/mol. The van der Waals surface area contributed by atoms with E-state index in [0.717, 1.165) is 16.5 Å². The third kappa shape index (κ3) is 3.67. The lowest BCUT2D eigenvalue weighted by Crippen LogP contribution is -2.13. The van der Waals surface area contributed by atoms with Crippen molar-refractivity contribution in [2.45, 2.75) is 13.8 Å². The molecule has 0 aliphatic rings. The van der Waals surface area contributed by atoms with Crippen LogP contribution < -0.4 is 5.32 Å². The fourth-order valence-corrected chi connectivity index (χ4v) is 3.40. The van der Waals surface area contributed by atoms with Gasteiger partial charge in [-0.05, 0) is 67.9 Å². The van der Waals surface area contributed by atoms with Crippen molar-refractivity contribution in [3.8, 4) is 0 Å². The molecule has 4 rings (SSSR count). The number of hydrogen-bond acceptors (Lipinski definition) is 3. The van der Waals surface area contributed by atoms with Crippen LogP contribution >= 0.6 is 11.6 Å². The van der Waals surface area contributed by atoms with Crippen LogP contribution in [0.3, 0.4) is 0 Å². The number of ketones is 1. The molecule has 4 aromatic rings. The van der Waals surface area contributed by atoms with E-state index < -0.39 is 0 Å². The van der Waals surface area contributed by atoms with Crippen molar-refractivity contribution in [2.75, 3.05) is 5.32 Å². The normalized spacial score (nSPS) is 10.9. The number of rotatable bonds is 4. The fourth-order valence-electron chi connectivity index (χ4n) is 3.27. The summed E-state index contributed by atoms with van der Waals surface area (Å²) >= 11 is 5.90. The zero-order chi connectivity index (χ0) is 20.5. The van der Waals surface area contributed by atoms with E-state index in [4.69, 9.17) is 16.0 Å². The first-order valence-electron chi connectivity index (χ1n) is 9.14. The van der Waals surface area contributed by atoms with Gasteiger partial charge in [-0.3, -0.25) is 9.59 Å². The Morgan fingerprint density at radius 2 is 1.66 bits per heavy atom. The van der Waals surface area contributed by atoms with E-state index in [-0.39, 0.29) is 17.5 Å². The Balaban J connectivity index is 1.65. The summed E-state index contributed by atoms with van der Waals surface area (Å²) < 4.78 is 5.81. The molecule has 0 unspecified atom stereocenters. The molecule has 5 heteroatoms. The maximum Gasteiger partial charge on any atom is 0.255 e. The third-order valence-electron chi connectivity index (χ3n) is 4.90. The molecule has 1 aromatic heterocycles. The van der Waals surface area contributed by atoms with Crippen LogP contribution in [-0.2, 0) is 0 Å². The van der Waals surface area contributed by atoms with Gasteiger partial charge in [-0.15, -0.1) is 0 Å². The van der Waals surface area contributed by atoms with E-state index in [0.29, 0.717) is 27.4 Å². The SMILES string of the molecule is Cc1ccccc1C(=O)Nc1ccc2oc(C(=O)c3ccc(Cl)cc3)c(C)c2c1. The van der Waals surface area contributed by atoms with Crippen LogP contribution in [0.25, 0.3) is 11.0 Å². The molecule has 0 fully saturated rings. The molecule has 3 aromatic carbocycles. The minimum Gasteiger partial charge on any atom is -0.452 e. The highest BCUT2D eigenvalue weighted by Gasteiger charge is 2.20. The van der Waals surface area contributed by atoms with Crippen LogP contribution in [0, 0.1) is 13.8 Å². The van der Waals surface area contributed by atoms with Crippen LogP contribution in [0.1, 0.15) is 37.6 Å². The number of aryl methyl sites for hydroxylation is 2. The number of hydrogen-bond donors (Lipinski definition) is 1. The zero-order valence-electron chi connectivity index (χ0n) is 16.0. The molecule has 0 aliphatic carbocycles. The van der Waals surface area contributed by atoms with E-state index in [1.54, 1.807) is 42.5 Å². The third-order valence-corrected chi connectivity index (χ3v) is 5.15. The molecule has 0 atom stereocenters. The predicted octanol–water partition coefficient (Wildman–Crippen LogP) is 6.19. The summed E-state index contributed by atoms with van der Waals surface area (Å²) in [5.41, 5.74) is 3.99. The van der Waals surface area contributed by atoms with E-state index in [9.17, 15) is 9.59 Å². The average Bonchev–Trinajstić information content (AvgIpc) is 3.04. The van der Waals surface area contributed by atoms with Crippen molar-refractivity contribution >= 4 is 39.9 Å². The number of benzene rings is 3. The maximum absolute atomic E-state index is 12.8. The first kappa shape index (κ1) is 19.0. The van der Waals surface area contributed by atoms with Gasteiger partial charge in [-0.2, -0.15) is 0 Å². The van der Waals surface area contributed by atoms with Crippen LogP contribution in [0.4, 0.5) is 5.69 Å². The average molecular weight is 404 g/mol.